The molecule has 0 radical (unpaired) electrons. The molecule has 8 aromatic heterocycles. The van der Waals surface area contributed by atoms with Crippen LogP contribution < -0.4 is 10.6 Å². The number of hydrogen-bond donors (Lipinski definition) is 2. The van der Waals surface area contributed by atoms with Crippen LogP contribution in [0.2, 0.25) is 0 Å². The molecule has 0 amide bonds. The SMILES string of the molecule is CC(C)c1cnn2c(N[C@@H]3CCC4=C(C3)c3ncccc3C4)nc(-c3cncc(F)c3)nc12.CC(C)c1cnn2c(N[C@H]3CCC4=C(C3)c3ncccc3C4)nc(-c3cncc(F)c3)nc12. The number of fused-ring (bicyclic) bond motifs is 6. The smallest absolute Gasteiger partial charge is 0.228 e. The molecular formula is C50H48F2N14. The van der Waals surface area contributed by atoms with E-state index in [0.717, 1.165) is 85.2 Å². The van der Waals surface area contributed by atoms with E-state index in [4.69, 9.17) is 19.9 Å². The van der Waals surface area contributed by atoms with Crippen LogP contribution in [0.3, 0.4) is 0 Å². The van der Waals surface area contributed by atoms with Crippen molar-refractivity contribution in [3.8, 4) is 22.8 Å². The number of rotatable bonds is 8. The lowest BCUT2D eigenvalue weighted by Gasteiger charge is -2.25. The van der Waals surface area contributed by atoms with Crippen molar-refractivity contribution in [2.24, 2.45) is 0 Å². The van der Waals surface area contributed by atoms with Crippen LogP contribution in [-0.4, -0.2) is 71.2 Å². The average Bonchev–Trinajstić information content (AvgIpc) is 4.12. The fourth-order valence-corrected chi connectivity index (χ4v) is 9.80. The summed E-state index contributed by atoms with van der Waals surface area (Å²) in [6.07, 6.45) is 20.8. The molecule has 2 atom stereocenters. The van der Waals surface area contributed by atoms with Gasteiger partial charge in [0, 0.05) is 59.1 Å². The first-order chi connectivity index (χ1) is 32.1. The van der Waals surface area contributed by atoms with E-state index >= 15 is 0 Å². The van der Waals surface area contributed by atoms with Gasteiger partial charge >= 0.3 is 0 Å². The molecule has 0 aromatic carbocycles. The Balaban J connectivity index is 0.000000146. The summed E-state index contributed by atoms with van der Waals surface area (Å²) in [5.41, 5.74) is 15.2. The minimum absolute atomic E-state index is 0.194. The lowest BCUT2D eigenvalue weighted by atomic mass is 9.89. The molecule has 332 valence electrons. The quantitative estimate of drug-likeness (QED) is 0.149. The van der Waals surface area contributed by atoms with Crippen LogP contribution >= 0.6 is 0 Å². The second-order valence-electron chi connectivity index (χ2n) is 18.2. The van der Waals surface area contributed by atoms with Gasteiger partial charge < -0.3 is 10.6 Å². The Morgan fingerprint density at radius 2 is 1.05 bits per heavy atom. The Kier molecular flexibility index (Phi) is 10.6. The Morgan fingerprint density at radius 3 is 1.47 bits per heavy atom. The molecule has 16 heteroatoms. The van der Waals surface area contributed by atoms with Crippen molar-refractivity contribution in [3.05, 3.63) is 142 Å². The van der Waals surface area contributed by atoms with Gasteiger partial charge in [-0.25, -0.2) is 18.7 Å². The number of anilines is 2. The summed E-state index contributed by atoms with van der Waals surface area (Å²) >= 11 is 0. The molecule has 0 saturated carbocycles. The first-order valence-corrected chi connectivity index (χ1v) is 22.7. The lowest BCUT2D eigenvalue weighted by Crippen LogP contribution is -2.25. The minimum atomic E-state index is -0.415. The van der Waals surface area contributed by atoms with Gasteiger partial charge in [0.1, 0.15) is 11.6 Å². The van der Waals surface area contributed by atoms with Crippen LogP contribution in [0.25, 0.3) is 45.2 Å². The monoisotopic (exact) mass is 882 g/mol. The van der Waals surface area contributed by atoms with Crippen molar-refractivity contribution in [3.63, 3.8) is 0 Å². The van der Waals surface area contributed by atoms with E-state index in [0.29, 0.717) is 34.7 Å². The van der Waals surface area contributed by atoms with Crippen LogP contribution in [0, 0.1) is 11.6 Å². The molecule has 0 aliphatic heterocycles. The highest BCUT2D eigenvalue weighted by atomic mass is 19.1. The second kappa shape index (κ2) is 16.9. The molecule has 66 heavy (non-hydrogen) atoms. The van der Waals surface area contributed by atoms with Crippen LogP contribution in [0.1, 0.15) is 112 Å². The number of aromatic nitrogens is 12. The Bertz CT molecular complexity index is 3030. The summed E-state index contributed by atoms with van der Waals surface area (Å²) in [7, 11) is 0. The summed E-state index contributed by atoms with van der Waals surface area (Å²) in [4.78, 5) is 36.2. The van der Waals surface area contributed by atoms with E-state index < -0.39 is 11.6 Å². The Labute approximate surface area is 379 Å². The van der Waals surface area contributed by atoms with Crippen molar-refractivity contribution in [2.75, 3.05) is 10.6 Å². The largest absolute Gasteiger partial charge is 0.351 e. The Hall–Kier alpha value is -7.36. The third kappa shape index (κ3) is 7.73. The predicted octanol–water partition coefficient (Wildman–Crippen LogP) is 9.64. The fraction of sp³-hybridized carbons (Fsp3) is 0.320. The molecule has 0 fully saturated rings. The molecule has 8 heterocycles. The van der Waals surface area contributed by atoms with Crippen molar-refractivity contribution >= 4 is 34.3 Å². The number of allylic oxidation sites excluding steroid dienone is 2. The number of halogens is 2. The number of pyridine rings is 4. The summed E-state index contributed by atoms with van der Waals surface area (Å²) in [6.45, 7) is 8.43. The highest BCUT2D eigenvalue weighted by molar-refractivity contribution is 5.76. The minimum Gasteiger partial charge on any atom is -0.351 e. The van der Waals surface area contributed by atoms with Crippen LogP contribution in [0.5, 0.6) is 0 Å². The highest BCUT2D eigenvalue weighted by Gasteiger charge is 2.32. The van der Waals surface area contributed by atoms with Crippen molar-refractivity contribution in [2.45, 2.75) is 103 Å². The number of hydrogen-bond acceptors (Lipinski definition) is 12. The van der Waals surface area contributed by atoms with Gasteiger partial charge in [0.2, 0.25) is 11.9 Å². The van der Waals surface area contributed by atoms with Crippen LogP contribution in [0.15, 0.2) is 97.1 Å². The fourth-order valence-electron chi connectivity index (χ4n) is 9.80. The molecule has 0 saturated heterocycles. The van der Waals surface area contributed by atoms with Crippen molar-refractivity contribution in [1.82, 2.24) is 59.1 Å². The topological polar surface area (TPSA) is 162 Å². The Morgan fingerprint density at radius 1 is 0.591 bits per heavy atom. The maximum absolute atomic E-state index is 13.9. The van der Waals surface area contributed by atoms with E-state index in [1.807, 2.05) is 36.9 Å². The van der Waals surface area contributed by atoms with Gasteiger partial charge in [0.05, 0.1) is 36.2 Å². The maximum atomic E-state index is 13.9. The summed E-state index contributed by atoms with van der Waals surface area (Å²) < 4.78 is 31.3. The third-order valence-corrected chi connectivity index (χ3v) is 13.1. The predicted molar refractivity (Wildman–Crippen MR) is 248 cm³/mol. The van der Waals surface area contributed by atoms with E-state index in [1.165, 1.54) is 57.9 Å². The van der Waals surface area contributed by atoms with Gasteiger partial charge in [-0.1, -0.05) is 51.0 Å². The molecule has 0 bridgehead atoms. The third-order valence-electron chi connectivity index (χ3n) is 13.1. The van der Waals surface area contributed by atoms with Gasteiger partial charge in [-0.05, 0) is 110 Å². The normalized spacial score (nSPS) is 17.5. The zero-order valence-corrected chi connectivity index (χ0v) is 37.2. The molecule has 4 aliphatic rings. The van der Waals surface area contributed by atoms with Crippen LogP contribution in [0.4, 0.5) is 20.7 Å². The standard InChI is InChI=1S/2C25H24FN7/c2*1-14(2)21-13-29-33-24(21)31-23(17-9-18(26)12-27-11-17)32-25(33)30-19-6-5-15-8-16-4-3-7-28-22(16)20(15)10-19/h2*3-4,7,9,11-14,19H,5-6,8,10H2,1-2H3,(H,30,31,32)/t2*19-/m10/s1. The summed E-state index contributed by atoms with van der Waals surface area (Å²) in [6, 6.07) is 11.6. The highest BCUT2D eigenvalue weighted by Crippen LogP contribution is 2.43. The van der Waals surface area contributed by atoms with E-state index in [2.05, 4.69) is 80.6 Å². The first-order valence-electron chi connectivity index (χ1n) is 22.7. The number of nitrogens with one attached hydrogen (secondary N) is 2. The molecule has 0 spiro atoms. The maximum Gasteiger partial charge on any atom is 0.228 e. The zero-order chi connectivity index (χ0) is 45.1. The van der Waals surface area contributed by atoms with Crippen molar-refractivity contribution in [1.29, 1.82) is 0 Å². The average molecular weight is 883 g/mol. The lowest BCUT2D eigenvalue weighted by molar-refractivity contribution is 0.621. The van der Waals surface area contributed by atoms with Gasteiger partial charge in [0.25, 0.3) is 0 Å². The van der Waals surface area contributed by atoms with Gasteiger partial charge in [-0.3, -0.25) is 19.9 Å². The molecule has 0 unspecified atom stereocenters. The summed E-state index contributed by atoms with van der Waals surface area (Å²) in [5.74, 6) is 1.74. The van der Waals surface area contributed by atoms with E-state index in [1.54, 1.807) is 21.4 Å². The van der Waals surface area contributed by atoms with E-state index in [-0.39, 0.29) is 23.9 Å². The first kappa shape index (κ1) is 41.4. The van der Waals surface area contributed by atoms with Crippen molar-refractivity contribution < 1.29 is 8.78 Å². The van der Waals surface area contributed by atoms with Gasteiger partial charge in [-0.2, -0.15) is 29.2 Å². The van der Waals surface area contributed by atoms with Gasteiger partial charge in [0.15, 0.2) is 22.9 Å². The van der Waals surface area contributed by atoms with Gasteiger partial charge in [-0.15, -0.1) is 0 Å². The van der Waals surface area contributed by atoms with E-state index in [9.17, 15) is 8.78 Å². The molecular weight excluding hydrogens is 835 g/mol. The summed E-state index contributed by atoms with van der Waals surface area (Å²) in [5, 5.41) is 16.4. The molecule has 12 rings (SSSR count). The molecule has 8 aromatic rings. The second-order valence-corrected chi connectivity index (χ2v) is 18.2. The molecule has 14 nitrogen and oxygen atoms in total. The number of nitrogens with zero attached hydrogens (tertiary/aromatic N) is 12. The molecule has 4 aliphatic carbocycles. The van der Waals surface area contributed by atoms with Crippen LogP contribution in [-0.2, 0) is 12.8 Å². The zero-order valence-electron chi connectivity index (χ0n) is 37.2. The molecule has 2 N–H and O–H groups in total.